The number of ether oxygens (including phenoxy) is 1. The number of benzene rings is 2. The molecule has 0 aliphatic heterocycles. The summed E-state index contributed by atoms with van der Waals surface area (Å²) >= 11 is 1.32. The predicted octanol–water partition coefficient (Wildman–Crippen LogP) is 4.57. The molecule has 1 amide bonds. The van der Waals surface area contributed by atoms with Gasteiger partial charge in [-0.05, 0) is 68.8 Å². The number of fused-ring (bicyclic) bond motifs is 1. The molecule has 0 spiro atoms. The Bertz CT molecular complexity index is 1200. The van der Waals surface area contributed by atoms with Crippen LogP contribution >= 0.6 is 11.8 Å². The molecule has 2 heterocycles. The summed E-state index contributed by atoms with van der Waals surface area (Å²) in [6, 6.07) is 17.1. The van der Waals surface area contributed by atoms with E-state index in [1.165, 1.54) is 11.8 Å². The van der Waals surface area contributed by atoms with Crippen LogP contribution in [0.25, 0.3) is 5.78 Å². The van der Waals surface area contributed by atoms with Crippen LogP contribution in [0.3, 0.4) is 0 Å². The van der Waals surface area contributed by atoms with Crippen LogP contribution in [0.4, 0.5) is 5.69 Å². The van der Waals surface area contributed by atoms with Crippen molar-refractivity contribution in [3.63, 3.8) is 0 Å². The van der Waals surface area contributed by atoms with Crippen molar-refractivity contribution < 1.29 is 9.53 Å². The third-order valence-electron chi connectivity index (χ3n) is 4.36. The van der Waals surface area contributed by atoms with E-state index >= 15 is 0 Å². The van der Waals surface area contributed by atoms with Gasteiger partial charge in [-0.3, -0.25) is 9.20 Å². The van der Waals surface area contributed by atoms with Crippen LogP contribution in [0.5, 0.6) is 11.5 Å². The molecule has 0 aliphatic rings. The molecule has 30 heavy (non-hydrogen) atoms. The lowest BCUT2D eigenvalue weighted by Crippen LogP contribution is -2.14. The van der Waals surface area contributed by atoms with Crippen molar-refractivity contribution in [2.24, 2.45) is 0 Å². The van der Waals surface area contributed by atoms with Crippen LogP contribution in [0.2, 0.25) is 0 Å². The Balaban J connectivity index is 1.35. The summed E-state index contributed by atoms with van der Waals surface area (Å²) in [6.07, 6.45) is 0. The summed E-state index contributed by atoms with van der Waals surface area (Å²) in [5.74, 6) is 2.13. The topological polar surface area (TPSA) is 81.4 Å². The molecule has 4 aromatic rings. The Morgan fingerprint density at radius 3 is 2.60 bits per heavy atom. The van der Waals surface area contributed by atoms with Gasteiger partial charge in [-0.15, -0.1) is 10.2 Å². The van der Waals surface area contributed by atoms with Crippen molar-refractivity contribution in [1.29, 1.82) is 0 Å². The summed E-state index contributed by atoms with van der Waals surface area (Å²) in [5, 5.41) is 11.8. The fourth-order valence-electron chi connectivity index (χ4n) is 3.04. The average molecular weight is 420 g/mol. The van der Waals surface area contributed by atoms with Gasteiger partial charge in [0.2, 0.25) is 5.91 Å². The maximum absolute atomic E-state index is 12.4. The summed E-state index contributed by atoms with van der Waals surface area (Å²) in [6.45, 7) is 5.90. The number of anilines is 1. The number of nitrogens with one attached hydrogen (secondary N) is 1. The van der Waals surface area contributed by atoms with Crippen LogP contribution in [-0.4, -0.2) is 31.2 Å². The van der Waals surface area contributed by atoms with Gasteiger partial charge in [-0.1, -0.05) is 23.9 Å². The van der Waals surface area contributed by atoms with Crippen molar-refractivity contribution in [2.45, 2.75) is 25.9 Å². The minimum atomic E-state index is -0.123. The Hall–Kier alpha value is -3.39. The van der Waals surface area contributed by atoms with E-state index < -0.39 is 0 Å². The van der Waals surface area contributed by atoms with E-state index in [-0.39, 0.29) is 11.7 Å². The molecule has 0 unspecified atom stereocenters. The van der Waals surface area contributed by atoms with E-state index in [0.29, 0.717) is 22.4 Å². The second-order valence-corrected chi connectivity index (χ2v) is 7.88. The molecule has 0 fully saturated rings. The van der Waals surface area contributed by atoms with Crippen LogP contribution in [0.15, 0.2) is 59.8 Å². The van der Waals surface area contributed by atoms with Gasteiger partial charge in [0.15, 0.2) is 5.16 Å². The second-order valence-electron chi connectivity index (χ2n) is 6.94. The van der Waals surface area contributed by atoms with E-state index in [4.69, 9.17) is 4.74 Å². The maximum atomic E-state index is 12.4. The first kappa shape index (κ1) is 19.9. The molecular formula is C22H21N5O2S. The van der Waals surface area contributed by atoms with Gasteiger partial charge in [0.05, 0.1) is 5.75 Å². The molecule has 1 N–H and O–H groups in total. The first-order chi connectivity index (χ1) is 14.5. The molecule has 152 valence electrons. The lowest BCUT2D eigenvalue weighted by molar-refractivity contribution is -0.113. The minimum absolute atomic E-state index is 0.123. The highest BCUT2D eigenvalue weighted by molar-refractivity contribution is 7.99. The molecule has 0 saturated heterocycles. The molecule has 0 radical (unpaired) electrons. The molecule has 0 saturated carbocycles. The zero-order valence-electron chi connectivity index (χ0n) is 16.9. The molecule has 0 atom stereocenters. The van der Waals surface area contributed by atoms with Gasteiger partial charge in [0.25, 0.3) is 5.78 Å². The number of hydrogen-bond acceptors (Lipinski definition) is 6. The summed E-state index contributed by atoms with van der Waals surface area (Å²) in [4.78, 5) is 16.7. The minimum Gasteiger partial charge on any atom is -0.457 e. The quantitative estimate of drug-likeness (QED) is 0.461. The molecule has 4 rings (SSSR count). The lowest BCUT2D eigenvalue weighted by atomic mass is 10.2. The van der Waals surface area contributed by atoms with E-state index in [1.807, 2.05) is 79.8 Å². The van der Waals surface area contributed by atoms with Crippen molar-refractivity contribution in [3.8, 4) is 11.5 Å². The van der Waals surface area contributed by atoms with Crippen molar-refractivity contribution in [3.05, 3.63) is 71.5 Å². The van der Waals surface area contributed by atoms with E-state index in [2.05, 4.69) is 20.5 Å². The van der Waals surface area contributed by atoms with Crippen LogP contribution in [0, 0.1) is 20.8 Å². The number of carbonyl (C=O) groups is 1. The highest BCUT2D eigenvalue weighted by Crippen LogP contribution is 2.24. The van der Waals surface area contributed by atoms with Crippen molar-refractivity contribution in [1.82, 2.24) is 19.6 Å². The molecule has 2 aromatic heterocycles. The molecule has 2 aromatic carbocycles. The number of thioether (sulfide) groups is 1. The third-order valence-corrected chi connectivity index (χ3v) is 5.29. The Labute approximate surface area is 178 Å². The predicted molar refractivity (Wildman–Crippen MR) is 117 cm³/mol. The van der Waals surface area contributed by atoms with Crippen LogP contribution in [-0.2, 0) is 4.79 Å². The normalized spacial score (nSPS) is 10.9. The summed E-state index contributed by atoms with van der Waals surface area (Å²) in [7, 11) is 0. The van der Waals surface area contributed by atoms with Gasteiger partial charge in [0.1, 0.15) is 11.5 Å². The van der Waals surface area contributed by atoms with E-state index in [0.717, 1.165) is 22.7 Å². The number of nitrogens with zero attached hydrogens (tertiary/aromatic N) is 4. The average Bonchev–Trinajstić information content (AvgIpc) is 3.11. The molecular weight excluding hydrogens is 398 g/mol. The first-order valence-electron chi connectivity index (χ1n) is 9.44. The highest BCUT2D eigenvalue weighted by atomic mass is 32.2. The third kappa shape index (κ3) is 4.60. The molecule has 8 heteroatoms. The Morgan fingerprint density at radius 1 is 1.03 bits per heavy atom. The number of rotatable bonds is 6. The van der Waals surface area contributed by atoms with Crippen molar-refractivity contribution >= 4 is 29.1 Å². The van der Waals surface area contributed by atoms with Crippen molar-refractivity contribution in [2.75, 3.05) is 11.1 Å². The summed E-state index contributed by atoms with van der Waals surface area (Å²) in [5.41, 5.74) is 3.71. The summed E-state index contributed by atoms with van der Waals surface area (Å²) < 4.78 is 7.68. The number of amides is 1. The largest absolute Gasteiger partial charge is 0.457 e. The Kier molecular flexibility index (Phi) is 5.67. The number of aromatic nitrogens is 4. The standard InChI is InChI=1S/C22H21N5O2S/c1-14-5-4-6-19(11-14)29-18-9-7-17(8-10-18)24-20(28)13-30-22-26-25-21-23-15(2)12-16(3)27(21)22/h4-12H,13H2,1-3H3,(H,24,28). The fourth-order valence-corrected chi connectivity index (χ4v) is 3.83. The fraction of sp³-hybridized carbons (Fsp3) is 0.182. The van der Waals surface area contributed by atoms with Gasteiger partial charge in [-0.2, -0.15) is 0 Å². The Morgan fingerprint density at radius 2 is 1.83 bits per heavy atom. The number of carbonyl (C=O) groups excluding carboxylic acids is 1. The van der Waals surface area contributed by atoms with Crippen LogP contribution < -0.4 is 10.1 Å². The smallest absolute Gasteiger partial charge is 0.256 e. The van der Waals surface area contributed by atoms with Gasteiger partial charge < -0.3 is 10.1 Å². The number of hydrogen-bond donors (Lipinski definition) is 1. The lowest BCUT2D eigenvalue weighted by Gasteiger charge is -2.08. The monoisotopic (exact) mass is 419 g/mol. The van der Waals surface area contributed by atoms with E-state index in [1.54, 1.807) is 0 Å². The highest BCUT2D eigenvalue weighted by Gasteiger charge is 2.12. The first-order valence-corrected chi connectivity index (χ1v) is 10.4. The number of aryl methyl sites for hydroxylation is 3. The second kappa shape index (κ2) is 8.54. The molecule has 7 nitrogen and oxygen atoms in total. The molecule has 0 aliphatic carbocycles. The maximum Gasteiger partial charge on any atom is 0.256 e. The zero-order chi connectivity index (χ0) is 21.1. The van der Waals surface area contributed by atoms with E-state index in [9.17, 15) is 4.79 Å². The van der Waals surface area contributed by atoms with Gasteiger partial charge in [0, 0.05) is 17.1 Å². The zero-order valence-corrected chi connectivity index (χ0v) is 17.7. The SMILES string of the molecule is Cc1cccc(Oc2ccc(NC(=O)CSc3nnc4nc(C)cc(C)n34)cc2)c1. The van der Waals surface area contributed by atoms with Gasteiger partial charge in [-0.25, -0.2) is 4.98 Å². The van der Waals surface area contributed by atoms with Gasteiger partial charge >= 0.3 is 0 Å². The van der Waals surface area contributed by atoms with Crippen LogP contribution in [0.1, 0.15) is 17.0 Å². The molecule has 0 bridgehead atoms.